The lowest BCUT2D eigenvalue weighted by Gasteiger charge is -2.36. The van der Waals surface area contributed by atoms with Gasteiger partial charge in [-0.2, -0.15) is 0 Å². The van der Waals surface area contributed by atoms with E-state index in [9.17, 15) is 0 Å². The molecule has 0 spiro atoms. The van der Waals surface area contributed by atoms with Crippen LogP contribution in [0.3, 0.4) is 0 Å². The molecule has 0 unspecified atom stereocenters. The second kappa shape index (κ2) is 34.2. The molecule has 0 saturated heterocycles. The minimum Gasteiger partial charge on any atom is -0.454 e. The highest BCUT2D eigenvalue weighted by Crippen LogP contribution is 2.63. The summed E-state index contributed by atoms with van der Waals surface area (Å²) in [5.74, 6) is 1.42. The minimum absolute atomic E-state index is 0.0978. The molecule has 131 heavy (non-hydrogen) atoms. The van der Waals surface area contributed by atoms with Gasteiger partial charge >= 0.3 is 0 Å². The summed E-state index contributed by atoms with van der Waals surface area (Å²) in [6, 6.07) is 187. The molecule has 616 valence electrons. The Kier molecular flexibility index (Phi) is 20.6. The number of aryl methyl sites for hydroxylation is 1. The highest BCUT2D eigenvalue weighted by molar-refractivity contribution is 6.00. The summed E-state index contributed by atoms with van der Waals surface area (Å²) in [4.78, 5) is 0. The van der Waals surface area contributed by atoms with Gasteiger partial charge in [0, 0.05) is 0 Å². The van der Waals surface area contributed by atoms with Crippen LogP contribution in [0.1, 0.15) is 27.8 Å². The number of ether oxygens (including phenoxy) is 2. The third-order valence-corrected chi connectivity index (χ3v) is 26.5. The van der Waals surface area contributed by atoms with Crippen LogP contribution in [0, 0.1) is 6.92 Å². The zero-order chi connectivity index (χ0) is 87.1. The van der Waals surface area contributed by atoms with E-state index in [-0.39, 0.29) is 6.79 Å². The molecule has 1 aliphatic carbocycles. The summed E-state index contributed by atoms with van der Waals surface area (Å²) in [5, 5.41) is 0. The largest absolute Gasteiger partial charge is 0.454 e. The van der Waals surface area contributed by atoms with E-state index in [1.54, 1.807) is 0 Å². The Morgan fingerprint density at radius 1 is 0.153 bits per heavy atom. The Labute approximate surface area is 766 Å². The first-order chi connectivity index (χ1) is 64.7. The summed E-state index contributed by atoms with van der Waals surface area (Å²) in [6.45, 7) is 2.34. The molecule has 0 radical (unpaired) electrons. The molecule has 2 nitrogen and oxygen atoms in total. The maximum Gasteiger partial charge on any atom is 0.231 e. The summed E-state index contributed by atoms with van der Waals surface area (Å²) in [7, 11) is 0. The van der Waals surface area contributed by atoms with Crippen molar-refractivity contribution in [2.24, 2.45) is 0 Å². The summed E-state index contributed by atoms with van der Waals surface area (Å²) < 4.78 is 13.4. The Morgan fingerprint density at radius 3 is 0.611 bits per heavy atom. The van der Waals surface area contributed by atoms with Gasteiger partial charge in [-0.1, -0.05) is 358 Å². The summed E-state index contributed by atoms with van der Waals surface area (Å²) in [5.41, 5.74) is 44.9. The number of fused-ring (bicyclic) bond motifs is 4. The van der Waals surface area contributed by atoms with Gasteiger partial charge in [0.2, 0.25) is 6.79 Å². The predicted molar refractivity (Wildman–Crippen MR) is 547 cm³/mol. The van der Waals surface area contributed by atoms with Gasteiger partial charge in [-0.3, -0.25) is 0 Å². The molecule has 0 fully saturated rings. The van der Waals surface area contributed by atoms with Gasteiger partial charge in [-0.15, -0.1) is 0 Å². The molecular weight excluding hydrogens is 1580 g/mol. The molecule has 0 aromatic heterocycles. The standard InChI is InChI=1S/C129H88O2/c1-86-33-26-27-58-121(86)122-59-32-60-124-128(122)123-83-126-127(131-85-130-126)84-125(123)129(124,119-79-115(99-54-28-50-95(61-99)111-69-103(87-34-10-2-11-35-87)65-104(70-111)88-36-12-3-13-37-88)77-116(80-119)100-55-29-51-96(62-100)112-71-105(89-38-14-4-15-39-89)66-106(72-112)90-40-16-5-17-41-90)120-81-117(101-56-30-52-97(63-101)113-73-107(91-42-18-6-19-43-91)67-108(74-113)92-44-20-7-21-45-92)78-118(82-120)102-57-31-53-98(64-102)114-75-109(93-46-22-8-23-47-93)68-110(76-114)94-48-24-9-25-49-94/h2-84H,85H2,1H3. The fourth-order valence-corrected chi connectivity index (χ4v) is 20.1. The molecule has 0 atom stereocenters. The molecule has 21 aromatic rings. The molecule has 1 aliphatic heterocycles. The first-order valence-electron chi connectivity index (χ1n) is 45.2. The minimum atomic E-state index is -1.13. The quantitative estimate of drug-likeness (QED) is 0.0803. The molecule has 1 heterocycles. The molecular formula is C129H88O2. The fraction of sp³-hybridized carbons (Fsp3) is 0.0233. The molecule has 0 amide bonds. The van der Waals surface area contributed by atoms with Crippen LogP contribution in [0.2, 0.25) is 0 Å². The van der Waals surface area contributed by atoms with Crippen molar-refractivity contribution in [3.05, 3.63) is 531 Å². The first-order valence-corrected chi connectivity index (χ1v) is 45.2. The van der Waals surface area contributed by atoms with Crippen molar-refractivity contribution in [3.8, 4) is 212 Å². The van der Waals surface area contributed by atoms with Crippen molar-refractivity contribution in [1.29, 1.82) is 0 Å². The second-order valence-electron chi connectivity index (χ2n) is 34.6. The third-order valence-electron chi connectivity index (χ3n) is 26.5. The van der Waals surface area contributed by atoms with Crippen LogP contribution < -0.4 is 9.47 Å². The number of hydrogen-bond acceptors (Lipinski definition) is 2. The Balaban J connectivity index is 0.812. The van der Waals surface area contributed by atoms with Crippen molar-refractivity contribution in [3.63, 3.8) is 0 Å². The van der Waals surface area contributed by atoms with E-state index in [0.29, 0.717) is 11.5 Å². The Bertz CT molecular complexity index is 6880. The van der Waals surface area contributed by atoms with E-state index in [1.165, 1.54) is 5.56 Å². The molecule has 0 bridgehead atoms. The van der Waals surface area contributed by atoms with Crippen LogP contribution in [0.5, 0.6) is 11.5 Å². The van der Waals surface area contributed by atoms with Crippen molar-refractivity contribution < 1.29 is 9.47 Å². The lowest BCUT2D eigenvalue weighted by atomic mass is 9.65. The SMILES string of the molecule is Cc1ccccc1-c1cccc2c1-c1cc3c(cc1C2(c1cc(-c2cccc(-c4cc(-c5ccccc5)cc(-c5ccccc5)c4)c2)cc(-c2cccc(-c4cc(-c5ccccc5)cc(-c5ccccc5)c4)c2)c1)c1cc(-c2cccc(-c4cc(-c5ccccc5)cc(-c5ccccc5)c4)c2)cc(-c2cccc(-c4cc(-c5ccccc5)cc(-c5ccccc5)c4)c2)c1)OCO3. The normalized spacial score (nSPS) is 12.2. The van der Waals surface area contributed by atoms with Gasteiger partial charge in [-0.05, 0) is 381 Å². The van der Waals surface area contributed by atoms with E-state index in [4.69, 9.17) is 9.47 Å². The zero-order valence-corrected chi connectivity index (χ0v) is 72.4. The molecule has 0 saturated carbocycles. The predicted octanol–water partition coefficient (Wildman–Crippen LogP) is 34.4. The molecule has 21 aromatic carbocycles. The third kappa shape index (κ3) is 15.3. The van der Waals surface area contributed by atoms with Gasteiger partial charge in [-0.25, -0.2) is 0 Å². The molecule has 0 N–H and O–H groups in total. The average Bonchev–Trinajstić information content (AvgIpc) is 1.52. The van der Waals surface area contributed by atoms with E-state index in [0.717, 1.165) is 223 Å². The Hall–Kier alpha value is -16.8. The number of rotatable bonds is 19. The van der Waals surface area contributed by atoms with Gasteiger partial charge in [0.15, 0.2) is 11.5 Å². The van der Waals surface area contributed by atoms with E-state index >= 15 is 0 Å². The van der Waals surface area contributed by atoms with Crippen molar-refractivity contribution >= 4 is 0 Å². The molecule has 2 heteroatoms. The van der Waals surface area contributed by atoms with Crippen LogP contribution in [0.4, 0.5) is 0 Å². The second-order valence-corrected chi connectivity index (χ2v) is 34.6. The maximum absolute atomic E-state index is 6.79. The lowest BCUT2D eigenvalue weighted by molar-refractivity contribution is 0.174. The first kappa shape index (κ1) is 78.9. The van der Waals surface area contributed by atoms with Crippen LogP contribution in [-0.2, 0) is 5.41 Å². The van der Waals surface area contributed by atoms with E-state index in [2.05, 4.69) is 510 Å². The Morgan fingerprint density at radius 2 is 0.351 bits per heavy atom. The highest BCUT2D eigenvalue weighted by Gasteiger charge is 2.49. The van der Waals surface area contributed by atoms with Gasteiger partial charge in [0.1, 0.15) is 0 Å². The van der Waals surface area contributed by atoms with E-state index in [1.807, 2.05) is 0 Å². The highest BCUT2D eigenvalue weighted by atomic mass is 16.7. The molecule has 2 aliphatic rings. The van der Waals surface area contributed by atoms with Crippen LogP contribution >= 0.6 is 0 Å². The number of hydrogen-bond donors (Lipinski definition) is 0. The average molecular weight is 1670 g/mol. The smallest absolute Gasteiger partial charge is 0.231 e. The van der Waals surface area contributed by atoms with Crippen molar-refractivity contribution in [2.75, 3.05) is 6.79 Å². The van der Waals surface area contributed by atoms with Gasteiger partial charge in [0.05, 0.1) is 5.41 Å². The monoisotopic (exact) mass is 1670 g/mol. The summed E-state index contributed by atoms with van der Waals surface area (Å²) >= 11 is 0. The maximum atomic E-state index is 6.79. The molecule has 23 rings (SSSR count). The van der Waals surface area contributed by atoms with Crippen LogP contribution in [-0.4, -0.2) is 6.79 Å². The van der Waals surface area contributed by atoms with Crippen molar-refractivity contribution in [1.82, 2.24) is 0 Å². The van der Waals surface area contributed by atoms with Crippen LogP contribution in [0.25, 0.3) is 200 Å². The van der Waals surface area contributed by atoms with Crippen molar-refractivity contribution in [2.45, 2.75) is 12.3 Å². The topological polar surface area (TPSA) is 18.5 Å². The zero-order valence-electron chi connectivity index (χ0n) is 72.4. The van der Waals surface area contributed by atoms with Crippen LogP contribution in [0.15, 0.2) is 504 Å². The number of benzene rings is 21. The van der Waals surface area contributed by atoms with Gasteiger partial charge < -0.3 is 9.47 Å². The van der Waals surface area contributed by atoms with E-state index < -0.39 is 5.41 Å². The fourth-order valence-electron chi connectivity index (χ4n) is 20.1. The van der Waals surface area contributed by atoms with Gasteiger partial charge in [0.25, 0.3) is 0 Å². The lowest BCUT2D eigenvalue weighted by Crippen LogP contribution is -2.29. The summed E-state index contributed by atoms with van der Waals surface area (Å²) in [6.07, 6.45) is 0.